The van der Waals surface area contributed by atoms with Crippen LogP contribution in [0, 0.1) is 0 Å². The molecule has 0 aliphatic carbocycles. The molecule has 2 fully saturated rings. The maximum atomic E-state index is 12.4. The number of carbonyl (C=O) groups is 1. The zero-order chi connectivity index (χ0) is 13.7. The summed E-state index contributed by atoms with van der Waals surface area (Å²) in [6.45, 7) is 9.05. The molecule has 2 saturated heterocycles. The van der Waals surface area contributed by atoms with E-state index in [1.807, 2.05) is 0 Å². The molecule has 0 aromatic rings. The first-order valence-corrected chi connectivity index (χ1v) is 7.99. The Morgan fingerprint density at radius 1 is 1.16 bits per heavy atom. The zero-order valence-electron chi connectivity index (χ0n) is 12.5. The van der Waals surface area contributed by atoms with Gasteiger partial charge in [-0.1, -0.05) is 13.8 Å². The van der Waals surface area contributed by atoms with Crippen molar-refractivity contribution in [2.24, 2.45) is 0 Å². The molecular weight excluding hydrogens is 238 g/mol. The number of rotatable bonds is 4. The van der Waals surface area contributed by atoms with Gasteiger partial charge in [0.1, 0.15) is 0 Å². The summed E-state index contributed by atoms with van der Waals surface area (Å²) in [5.74, 6) is 0.343. The number of amides is 1. The number of nitrogens with zero attached hydrogens (tertiary/aromatic N) is 2. The van der Waals surface area contributed by atoms with Crippen molar-refractivity contribution in [2.75, 3.05) is 32.7 Å². The van der Waals surface area contributed by atoms with Gasteiger partial charge in [0.15, 0.2) is 0 Å². The van der Waals surface area contributed by atoms with E-state index >= 15 is 0 Å². The molecule has 0 radical (unpaired) electrons. The van der Waals surface area contributed by atoms with Crippen LogP contribution in [-0.2, 0) is 4.79 Å². The molecular formula is C15H29N3O. The van der Waals surface area contributed by atoms with E-state index in [1.165, 1.54) is 19.3 Å². The van der Waals surface area contributed by atoms with Crippen molar-refractivity contribution >= 4 is 5.91 Å². The van der Waals surface area contributed by atoms with Crippen LogP contribution >= 0.6 is 0 Å². The Morgan fingerprint density at radius 2 is 1.89 bits per heavy atom. The van der Waals surface area contributed by atoms with E-state index in [0.29, 0.717) is 24.5 Å². The first-order valence-electron chi connectivity index (χ1n) is 7.99. The van der Waals surface area contributed by atoms with E-state index in [2.05, 4.69) is 29.0 Å². The second-order valence-electron chi connectivity index (χ2n) is 5.95. The van der Waals surface area contributed by atoms with Crippen molar-refractivity contribution in [2.45, 2.75) is 58.0 Å². The lowest BCUT2D eigenvalue weighted by Crippen LogP contribution is -2.58. The predicted octanol–water partition coefficient (Wildman–Crippen LogP) is 1.46. The minimum absolute atomic E-state index is 0.343. The van der Waals surface area contributed by atoms with Crippen LogP contribution in [0.25, 0.3) is 0 Å². The lowest BCUT2D eigenvalue weighted by atomic mass is 10.0. The van der Waals surface area contributed by atoms with E-state index in [1.54, 1.807) is 0 Å². The molecule has 2 aliphatic heterocycles. The van der Waals surface area contributed by atoms with Gasteiger partial charge in [-0.05, 0) is 32.1 Å². The van der Waals surface area contributed by atoms with Gasteiger partial charge in [0.2, 0.25) is 5.91 Å². The summed E-state index contributed by atoms with van der Waals surface area (Å²) in [5, 5.41) is 3.59. The number of piperidine rings is 1. The van der Waals surface area contributed by atoms with E-state index in [9.17, 15) is 4.79 Å². The number of piperazine rings is 1. The van der Waals surface area contributed by atoms with Crippen LogP contribution in [0.1, 0.15) is 46.0 Å². The molecule has 0 aromatic heterocycles. The van der Waals surface area contributed by atoms with Crippen molar-refractivity contribution in [3.05, 3.63) is 0 Å². The summed E-state index contributed by atoms with van der Waals surface area (Å²) < 4.78 is 0. The molecule has 2 aliphatic rings. The number of likely N-dealkylation sites (tertiary alicyclic amines) is 1. The Morgan fingerprint density at radius 3 is 2.53 bits per heavy atom. The Labute approximate surface area is 117 Å². The number of hydrogen-bond acceptors (Lipinski definition) is 3. The second-order valence-corrected chi connectivity index (χ2v) is 5.95. The van der Waals surface area contributed by atoms with Crippen LogP contribution in [0.2, 0.25) is 0 Å². The standard InChI is InChI=1S/C15H29N3O/c1-3-13-11-18(14(4-2)10-16-13)12-15(19)17-8-6-5-7-9-17/h13-14,16H,3-12H2,1-2H3. The molecule has 0 bridgehead atoms. The van der Waals surface area contributed by atoms with Gasteiger partial charge in [-0.2, -0.15) is 0 Å². The molecule has 1 amide bonds. The maximum absolute atomic E-state index is 12.4. The fourth-order valence-electron chi connectivity index (χ4n) is 3.22. The summed E-state index contributed by atoms with van der Waals surface area (Å²) >= 11 is 0. The van der Waals surface area contributed by atoms with Gasteiger partial charge in [0, 0.05) is 38.3 Å². The van der Waals surface area contributed by atoms with Gasteiger partial charge in [-0.15, -0.1) is 0 Å². The number of nitrogens with one attached hydrogen (secondary N) is 1. The van der Waals surface area contributed by atoms with Crippen LogP contribution in [0.15, 0.2) is 0 Å². The summed E-state index contributed by atoms with van der Waals surface area (Å²) in [7, 11) is 0. The maximum Gasteiger partial charge on any atom is 0.236 e. The zero-order valence-corrected chi connectivity index (χ0v) is 12.5. The Hall–Kier alpha value is -0.610. The third-order valence-electron chi connectivity index (χ3n) is 4.62. The number of carbonyl (C=O) groups excluding carboxylic acids is 1. The van der Waals surface area contributed by atoms with Crippen LogP contribution in [0.5, 0.6) is 0 Å². The first-order chi connectivity index (χ1) is 9.24. The molecule has 0 aromatic carbocycles. The predicted molar refractivity (Wildman–Crippen MR) is 78.2 cm³/mol. The smallest absolute Gasteiger partial charge is 0.236 e. The Balaban J connectivity index is 1.88. The first kappa shape index (κ1) is 14.8. The van der Waals surface area contributed by atoms with Gasteiger partial charge < -0.3 is 10.2 Å². The highest BCUT2D eigenvalue weighted by molar-refractivity contribution is 5.78. The van der Waals surface area contributed by atoms with Gasteiger partial charge in [-0.3, -0.25) is 9.69 Å². The summed E-state index contributed by atoms with van der Waals surface area (Å²) in [6.07, 6.45) is 5.92. The summed E-state index contributed by atoms with van der Waals surface area (Å²) in [5.41, 5.74) is 0. The molecule has 2 atom stereocenters. The third-order valence-corrected chi connectivity index (χ3v) is 4.62. The van der Waals surface area contributed by atoms with Crippen molar-refractivity contribution < 1.29 is 4.79 Å². The monoisotopic (exact) mass is 267 g/mol. The molecule has 110 valence electrons. The van der Waals surface area contributed by atoms with Crippen molar-refractivity contribution in [1.82, 2.24) is 15.1 Å². The van der Waals surface area contributed by atoms with Crippen molar-refractivity contribution in [3.63, 3.8) is 0 Å². The highest BCUT2D eigenvalue weighted by Crippen LogP contribution is 2.14. The molecule has 0 spiro atoms. The Bertz CT molecular complexity index is 289. The van der Waals surface area contributed by atoms with Crippen LogP contribution in [0.3, 0.4) is 0 Å². The average molecular weight is 267 g/mol. The molecule has 0 saturated carbocycles. The van der Waals surface area contributed by atoms with Gasteiger partial charge in [0.05, 0.1) is 6.54 Å². The average Bonchev–Trinajstić information content (AvgIpc) is 2.48. The van der Waals surface area contributed by atoms with E-state index in [4.69, 9.17) is 0 Å². The van der Waals surface area contributed by atoms with Crippen LogP contribution in [0.4, 0.5) is 0 Å². The molecule has 19 heavy (non-hydrogen) atoms. The van der Waals surface area contributed by atoms with E-state index < -0.39 is 0 Å². The fraction of sp³-hybridized carbons (Fsp3) is 0.933. The second kappa shape index (κ2) is 7.25. The van der Waals surface area contributed by atoms with Gasteiger partial charge in [-0.25, -0.2) is 0 Å². The SMILES string of the molecule is CCC1CN(CC(=O)N2CCCCC2)C(CC)CN1. The van der Waals surface area contributed by atoms with Gasteiger partial charge in [0.25, 0.3) is 0 Å². The summed E-state index contributed by atoms with van der Waals surface area (Å²) in [4.78, 5) is 16.9. The molecule has 2 heterocycles. The molecule has 2 unspecified atom stereocenters. The quantitative estimate of drug-likeness (QED) is 0.837. The molecule has 4 nitrogen and oxygen atoms in total. The van der Waals surface area contributed by atoms with Crippen molar-refractivity contribution in [1.29, 1.82) is 0 Å². The van der Waals surface area contributed by atoms with E-state index in [0.717, 1.165) is 39.0 Å². The Kier molecular flexibility index (Phi) is 5.64. The highest BCUT2D eigenvalue weighted by Gasteiger charge is 2.28. The minimum Gasteiger partial charge on any atom is -0.342 e. The van der Waals surface area contributed by atoms with Gasteiger partial charge >= 0.3 is 0 Å². The van der Waals surface area contributed by atoms with E-state index in [-0.39, 0.29) is 0 Å². The molecule has 1 N–H and O–H groups in total. The normalized spacial score (nSPS) is 29.5. The molecule has 4 heteroatoms. The molecule has 2 rings (SSSR count). The topological polar surface area (TPSA) is 35.6 Å². The lowest BCUT2D eigenvalue weighted by Gasteiger charge is -2.40. The van der Waals surface area contributed by atoms with Crippen LogP contribution in [-0.4, -0.2) is 60.5 Å². The lowest BCUT2D eigenvalue weighted by molar-refractivity contribution is -0.134. The number of hydrogen-bond donors (Lipinski definition) is 1. The largest absolute Gasteiger partial charge is 0.342 e. The minimum atomic E-state index is 0.343. The fourth-order valence-corrected chi connectivity index (χ4v) is 3.22. The van der Waals surface area contributed by atoms with Crippen LogP contribution < -0.4 is 5.32 Å². The van der Waals surface area contributed by atoms with Crippen molar-refractivity contribution in [3.8, 4) is 0 Å². The third kappa shape index (κ3) is 3.93. The summed E-state index contributed by atoms with van der Waals surface area (Å²) in [6, 6.07) is 1.08. The highest BCUT2D eigenvalue weighted by atomic mass is 16.2.